The van der Waals surface area contributed by atoms with Crippen LogP contribution in [0, 0.1) is 0 Å². The van der Waals surface area contributed by atoms with Gasteiger partial charge in [0.05, 0.1) is 0 Å². The van der Waals surface area contributed by atoms with E-state index in [0.717, 1.165) is 39.0 Å². The third-order valence-corrected chi connectivity index (χ3v) is 7.32. The van der Waals surface area contributed by atoms with Crippen LogP contribution in [0.15, 0.2) is 127 Å². The Morgan fingerprint density at radius 3 is 1.42 bits per heavy atom. The van der Waals surface area contributed by atoms with Crippen LogP contribution in [0.5, 0.6) is 11.5 Å². The quantitative estimate of drug-likeness (QED) is 0.146. The van der Waals surface area contributed by atoms with Gasteiger partial charge in [-0.25, -0.2) is 4.79 Å². The molecule has 0 aliphatic heterocycles. The van der Waals surface area contributed by atoms with E-state index < -0.39 is 12.6 Å². The molecule has 0 saturated heterocycles. The third kappa shape index (κ3) is 8.00. The first-order valence-electron chi connectivity index (χ1n) is 14.5. The normalized spacial score (nSPS) is 10.5. The first-order valence-corrected chi connectivity index (χ1v) is 14.5. The second-order valence-electron chi connectivity index (χ2n) is 10.5. The van der Waals surface area contributed by atoms with E-state index in [1.54, 1.807) is 38.1 Å². The summed E-state index contributed by atoms with van der Waals surface area (Å²) >= 11 is 0. The number of ketones is 2. The van der Waals surface area contributed by atoms with Gasteiger partial charge in [-0.1, -0.05) is 84.9 Å². The fourth-order valence-corrected chi connectivity index (χ4v) is 4.92. The topological polar surface area (TPSA) is 89.9 Å². The second kappa shape index (κ2) is 14.1. The van der Waals surface area contributed by atoms with Gasteiger partial charge in [-0.15, -0.1) is 0 Å². The monoisotopic (exact) mass is 596 g/mol. The number of carbonyl (C=O) groups excluding carboxylic acids is 2. The van der Waals surface area contributed by atoms with Crippen LogP contribution in [0.1, 0.15) is 45.7 Å². The Bertz CT molecular complexity index is 1750. The summed E-state index contributed by atoms with van der Waals surface area (Å²) in [5.41, 5.74) is 8.25. The van der Waals surface area contributed by atoms with Gasteiger partial charge in [0.1, 0.15) is 18.1 Å². The lowest BCUT2D eigenvalue weighted by Gasteiger charge is -2.13. The highest BCUT2D eigenvalue weighted by atomic mass is 16.5. The van der Waals surface area contributed by atoms with Crippen molar-refractivity contribution in [3.8, 4) is 33.8 Å². The van der Waals surface area contributed by atoms with Crippen molar-refractivity contribution >= 4 is 23.1 Å². The number of Topliss-reactive ketones (excluding diaryl/α,β-unsaturated/α-hetero) is 2. The highest BCUT2D eigenvalue weighted by Gasteiger charge is 2.10. The molecule has 0 fully saturated rings. The molecule has 0 saturated carbocycles. The van der Waals surface area contributed by atoms with E-state index in [1.807, 2.05) is 78.9 Å². The Balaban J connectivity index is 1.42. The van der Waals surface area contributed by atoms with Gasteiger partial charge in [-0.2, -0.15) is 0 Å². The van der Waals surface area contributed by atoms with E-state index in [9.17, 15) is 14.4 Å². The molecule has 0 bridgehead atoms. The molecule has 0 amide bonds. The summed E-state index contributed by atoms with van der Waals surface area (Å²) in [6, 6.07) is 38.4. The number of carboxylic acids is 1. The molecule has 6 heteroatoms. The smallest absolute Gasteiger partial charge is 0.341 e. The molecule has 5 aromatic rings. The van der Waals surface area contributed by atoms with E-state index in [2.05, 4.69) is 24.3 Å². The maximum atomic E-state index is 11.9. The SMILES string of the molecule is CC(=O)c1cccc(-c2ccc(C(=CCOc3ccc(OCC(=O)O)cc3)c3ccc(-c4cccc(C(C)=O)c4)cc3)cc2)c1. The molecular weight excluding hydrogens is 564 g/mol. The van der Waals surface area contributed by atoms with Gasteiger partial charge < -0.3 is 14.6 Å². The third-order valence-electron chi connectivity index (χ3n) is 7.32. The van der Waals surface area contributed by atoms with Crippen LogP contribution in [0.4, 0.5) is 0 Å². The number of aliphatic carboxylic acids is 1. The summed E-state index contributed by atoms with van der Waals surface area (Å²) in [4.78, 5) is 34.6. The van der Waals surface area contributed by atoms with Crippen LogP contribution in [-0.4, -0.2) is 35.9 Å². The van der Waals surface area contributed by atoms with Crippen LogP contribution in [0.2, 0.25) is 0 Å². The van der Waals surface area contributed by atoms with Crippen LogP contribution >= 0.6 is 0 Å². The maximum absolute atomic E-state index is 11.9. The fourth-order valence-electron chi connectivity index (χ4n) is 4.92. The molecule has 224 valence electrons. The Kier molecular flexibility index (Phi) is 9.65. The molecule has 0 aliphatic carbocycles. The van der Waals surface area contributed by atoms with Crippen molar-refractivity contribution in [2.45, 2.75) is 13.8 Å². The van der Waals surface area contributed by atoms with Gasteiger partial charge in [-0.05, 0) is 95.3 Å². The highest BCUT2D eigenvalue weighted by molar-refractivity contribution is 5.96. The highest BCUT2D eigenvalue weighted by Crippen LogP contribution is 2.30. The summed E-state index contributed by atoms with van der Waals surface area (Å²) in [7, 11) is 0. The number of ether oxygens (including phenoxy) is 2. The Labute approximate surface area is 262 Å². The number of benzene rings is 5. The van der Waals surface area contributed by atoms with Crippen LogP contribution < -0.4 is 9.47 Å². The number of hydrogen-bond acceptors (Lipinski definition) is 5. The minimum absolute atomic E-state index is 0.0255. The summed E-state index contributed by atoms with van der Waals surface area (Å²) in [5, 5.41) is 8.81. The molecular formula is C39H32O6. The van der Waals surface area contributed by atoms with Crippen molar-refractivity contribution in [3.05, 3.63) is 150 Å². The van der Waals surface area contributed by atoms with Crippen molar-refractivity contribution in [2.75, 3.05) is 13.2 Å². The summed E-state index contributed by atoms with van der Waals surface area (Å²) < 4.78 is 11.2. The van der Waals surface area contributed by atoms with Crippen LogP contribution in [0.25, 0.3) is 27.8 Å². The van der Waals surface area contributed by atoms with Gasteiger partial charge in [0.15, 0.2) is 18.2 Å². The van der Waals surface area contributed by atoms with E-state index in [0.29, 0.717) is 22.6 Å². The molecule has 45 heavy (non-hydrogen) atoms. The first-order chi connectivity index (χ1) is 21.8. The van der Waals surface area contributed by atoms with Crippen molar-refractivity contribution in [3.63, 3.8) is 0 Å². The maximum Gasteiger partial charge on any atom is 0.341 e. The minimum Gasteiger partial charge on any atom is -0.490 e. The predicted octanol–water partition coefficient (Wildman–Crippen LogP) is 8.40. The van der Waals surface area contributed by atoms with Crippen molar-refractivity contribution < 1.29 is 29.0 Å². The molecule has 5 aromatic carbocycles. The molecule has 0 aromatic heterocycles. The van der Waals surface area contributed by atoms with Gasteiger partial charge >= 0.3 is 5.97 Å². The van der Waals surface area contributed by atoms with Gasteiger partial charge in [0.2, 0.25) is 0 Å². The molecule has 0 unspecified atom stereocenters. The second-order valence-corrected chi connectivity index (χ2v) is 10.5. The average Bonchev–Trinajstić information content (AvgIpc) is 3.06. The number of hydrogen-bond donors (Lipinski definition) is 1. The van der Waals surface area contributed by atoms with Crippen LogP contribution in [0.3, 0.4) is 0 Å². The molecule has 6 nitrogen and oxygen atoms in total. The van der Waals surface area contributed by atoms with E-state index in [-0.39, 0.29) is 18.2 Å². The summed E-state index contributed by atoms with van der Waals surface area (Å²) in [6.45, 7) is 3.01. The van der Waals surface area contributed by atoms with Gasteiger partial charge in [0, 0.05) is 11.1 Å². The zero-order chi connectivity index (χ0) is 31.8. The first kappa shape index (κ1) is 30.7. The van der Waals surface area contributed by atoms with Gasteiger partial charge in [-0.3, -0.25) is 9.59 Å². The fraction of sp³-hybridized carbons (Fsp3) is 0.103. The van der Waals surface area contributed by atoms with Crippen molar-refractivity contribution in [1.29, 1.82) is 0 Å². The zero-order valence-corrected chi connectivity index (χ0v) is 25.0. The van der Waals surface area contributed by atoms with Crippen molar-refractivity contribution in [2.24, 2.45) is 0 Å². The minimum atomic E-state index is -1.04. The Hall–Kier alpha value is -5.75. The lowest BCUT2D eigenvalue weighted by Crippen LogP contribution is -2.09. The van der Waals surface area contributed by atoms with Crippen LogP contribution in [-0.2, 0) is 4.79 Å². The molecule has 1 N–H and O–H groups in total. The largest absolute Gasteiger partial charge is 0.490 e. The lowest BCUT2D eigenvalue weighted by molar-refractivity contribution is -0.139. The molecule has 5 rings (SSSR count). The molecule has 0 aliphatic rings. The lowest BCUT2D eigenvalue weighted by atomic mass is 9.93. The number of rotatable bonds is 12. The summed E-state index contributed by atoms with van der Waals surface area (Å²) in [5.74, 6) is 0.0805. The zero-order valence-electron chi connectivity index (χ0n) is 25.0. The standard InChI is InChI=1S/C39H32O6/c1-26(40)32-5-3-7-34(23-32)28-9-13-30(14-10-28)38(21-22-44-36-17-19-37(20-18-36)45-25-39(42)43)31-15-11-29(12-16-31)35-8-4-6-33(24-35)27(2)41/h3-21,23-24H,22,25H2,1-2H3,(H,42,43). The molecule has 0 atom stereocenters. The Morgan fingerprint density at radius 1 is 0.556 bits per heavy atom. The van der Waals surface area contributed by atoms with E-state index >= 15 is 0 Å². The average molecular weight is 597 g/mol. The number of carboxylic acid groups (broad SMARTS) is 1. The Morgan fingerprint density at radius 2 is 1.00 bits per heavy atom. The van der Waals surface area contributed by atoms with E-state index in [4.69, 9.17) is 14.6 Å². The number of carbonyl (C=O) groups is 3. The molecule has 0 heterocycles. The molecule has 0 spiro atoms. The predicted molar refractivity (Wildman–Crippen MR) is 176 cm³/mol. The van der Waals surface area contributed by atoms with Crippen molar-refractivity contribution in [1.82, 2.24) is 0 Å². The van der Waals surface area contributed by atoms with Gasteiger partial charge in [0.25, 0.3) is 0 Å². The summed E-state index contributed by atoms with van der Waals surface area (Å²) in [6.07, 6.45) is 2.02. The molecule has 0 radical (unpaired) electrons. The van der Waals surface area contributed by atoms with E-state index in [1.165, 1.54) is 0 Å².